The molecule has 0 aliphatic rings. The van der Waals surface area contributed by atoms with E-state index in [0.717, 1.165) is 32.7 Å². The molecule has 0 atom stereocenters. The van der Waals surface area contributed by atoms with Crippen molar-refractivity contribution < 1.29 is 0 Å². The Morgan fingerprint density at radius 2 is 2.05 bits per heavy atom. The summed E-state index contributed by atoms with van der Waals surface area (Å²) >= 11 is 9.50. The van der Waals surface area contributed by atoms with Crippen molar-refractivity contribution in [1.82, 2.24) is 14.5 Å². The molecular weight excluding hydrogens is 350 g/mol. The molecular formula is C16H15BrClN3. The average Bonchev–Trinajstić information content (AvgIpc) is 2.78. The minimum atomic E-state index is 0.537. The third kappa shape index (κ3) is 2.70. The summed E-state index contributed by atoms with van der Waals surface area (Å²) in [4.78, 5) is 9.26. The van der Waals surface area contributed by atoms with Gasteiger partial charge >= 0.3 is 0 Å². The maximum atomic E-state index is 5.94. The molecule has 1 aromatic carbocycles. The van der Waals surface area contributed by atoms with Gasteiger partial charge in [0.25, 0.3) is 0 Å². The van der Waals surface area contributed by atoms with E-state index in [1.807, 2.05) is 12.3 Å². The molecule has 0 aliphatic heterocycles. The van der Waals surface area contributed by atoms with Gasteiger partial charge in [0, 0.05) is 23.0 Å². The fraction of sp³-hybridized carbons (Fsp3) is 0.250. The fourth-order valence-electron chi connectivity index (χ4n) is 2.51. The molecule has 0 unspecified atom stereocenters. The normalized spacial score (nSPS) is 11.2. The number of hydrogen-bond acceptors (Lipinski definition) is 2. The molecule has 0 fully saturated rings. The van der Waals surface area contributed by atoms with Crippen LogP contribution in [-0.4, -0.2) is 20.4 Å². The van der Waals surface area contributed by atoms with Gasteiger partial charge in [-0.25, -0.2) is 9.97 Å². The van der Waals surface area contributed by atoms with Crippen LogP contribution < -0.4 is 0 Å². The molecule has 5 heteroatoms. The Labute approximate surface area is 137 Å². The van der Waals surface area contributed by atoms with Crippen molar-refractivity contribution >= 4 is 38.7 Å². The van der Waals surface area contributed by atoms with E-state index in [2.05, 4.69) is 57.5 Å². The van der Waals surface area contributed by atoms with Crippen LogP contribution in [0.25, 0.3) is 16.9 Å². The molecule has 0 spiro atoms. The second kappa shape index (κ2) is 5.78. The van der Waals surface area contributed by atoms with E-state index in [1.54, 1.807) is 0 Å². The zero-order valence-electron chi connectivity index (χ0n) is 11.9. The van der Waals surface area contributed by atoms with Gasteiger partial charge in [0.2, 0.25) is 0 Å². The Balaban J connectivity index is 2.33. The van der Waals surface area contributed by atoms with Gasteiger partial charge in [0.15, 0.2) is 5.65 Å². The molecule has 3 rings (SSSR count). The van der Waals surface area contributed by atoms with E-state index in [-0.39, 0.29) is 0 Å². The van der Waals surface area contributed by atoms with Gasteiger partial charge in [-0.15, -0.1) is 11.6 Å². The summed E-state index contributed by atoms with van der Waals surface area (Å²) in [5.41, 5.74) is 5.19. The fourth-order valence-corrected chi connectivity index (χ4v) is 3.27. The highest BCUT2D eigenvalue weighted by atomic mass is 79.9. The molecule has 0 amide bonds. The van der Waals surface area contributed by atoms with Crippen LogP contribution in [0.2, 0.25) is 0 Å². The lowest BCUT2D eigenvalue weighted by Gasteiger charge is -2.09. The zero-order chi connectivity index (χ0) is 15.0. The molecule has 21 heavy (non-hydrogen) atoms. The Morgan fingerprint density at radius 1 is 1.24 bits per heavy atom. The average molecular weight is 365 g/mol. The summed E-state index contributed by atoms with van der Waals surface area (Å²) in [7, 11) is 0. The standard InChI is InChI=1S/C16H15BrClN3/c1-10-7-12(17)9-13(8-10)21-14(3-5-18)20-15-11(2)4-6-19-16(15)21/h4,6-9H,3,5H2,1-2H3. The topological polar surface area (TPSA) is 30.7 Å². The number of imidazole rings is 1. The molecule has 0 aliphatic carbocycles. The largest absolute Gasteiger partial charge is 0.281 e. The molecule has 0 radical (unpaired) electrons. The van der Waals surface area contributed by atoms with Gasteiger partial charge < -0.3 is 0 Å². The van der Waals surface area contributed by atoms with E-state index in [0.29, 0.717) is 12.3 Å². The van der Waals surface area contributed by atoms with Crippen LogP contribution >= 0.6 is 27.5 Å². The van der Waals surface area contributed by atoms with Gasteiger partial charge in [-0.3, -0.25) is 4.57 Å². The van der Waals surface area contributed by atoms with Crippen molar-refractivity contribution in [3.8, 4) is 5.69 Å². The van der Waals surface area contributed by atoms with Crippen LogP contribution in [0.1, 0.15) is 17.0 Å². The van der Waals surface area contributed by atoms with Crippen LogP contribution in [0, 0.1) is 13.8 Å². The Morgan fingerprint density at radius 3 is 2.76 bits per heavy atom. The molecule has 3 aromatic rings. The lowest BCUT2D eigenvalue weighted by Crippen LogP contribution is -2.03. The number of aryl methyl sites for hydroxylation is 3. The summed E-state index contributed by atoms with van der Waals surface area (Å²) in [6, 6.07) is 8.28. The van der Waals surface area contributed by atoms with Crippen molar-refractivity contribution in [1.29, 1.82) is 0 Å². The quantitative estimate of drug-likeness (QED) is 0.637. The highest BCUT2D eigenvalue weighted by molar-refractivity contribution is 9.10. The predicted molar refractivity (Wildman–Crippen MR) is 90.5 cm³/mol. The number of alkyl halides is 1. The van der Waals surface area contributed by atoms with E-state index < -0.39 is 0 Å². The first-order valence-corrected chi connectivity index (χ1v) is 8.09. The summed E-state index contributed by atoms with van der Waals surface area (Å²) in [5.74, 6) is 1.48. The monoisotopic (exact) mass is 363 g/mol. The number of halogens is 2. The van der Waals surface area contributed by atoms with Gasteiger partial charge in [-0.2, -0.15) is 0 Å². The predicted octanol–water partition coefficient (Wildman–Crippen LogP) is 4.58. The summed E-state index contributed by atoms with van der Waals surface area (Å²) in [5, 5.41) is 0. The molecule has 3 nitrogen and oxygen atoms in total. The molecule has 0 bridgehead atoms. The second-order valence-corrected chi connectivity index (χ2v) is 6.38. The van der Waals surface area contributed by atoms with Crippen molar-refractivity contribution in [2.24, 2.45) is 0 Å². The summed E-state index contributed by atoms with van der Waals surface area (Å²) in [6.07, 6.45) is 2.54. The number of nitrogens with zero attached hydrogens (tertiary/aromatic N) is 3. The third-order valence-corrected chi connectivity index (χ3v) is 4.07. The van der Waals surface area contributed by atoms with E-state index >= 15 is 0 Å². The lowest BCUT2D eigenvalue weighted by molar-refractivity contribution is 0.904. The van der Waals surface area contributed by atoms with Crippen molar-refractivity contribution in [2.45, 2.75) is 20.3 Å². The minimum absolute atomic E-state index is 0.537. The molecule has 108 valence electrons. The van der Waals surface area contributed by atoms with Gasteiger partial charge in [0.05, 0.1) is 5.69 Å². The summed E-state index contributed by atoms with van der Waals surface area (Å²) in [6.45, 7) is 4.13. The number of rotatable bonds is 3. The second-order valence-electron chi connectivity index (χ2n) is 5.09. The molecule has 2 heterocycles. The molecule has 2 aromatic heterocycles. The Kier molecular flexibility index (Phi) is 4.00. The Bertz CT molecular complexity index is 790. The Hall–Kier alpha value is -1.39. The van der Waals surface area contributed by atoms with Crippen LogP contribution in [0.15, 0.2) is 34.9 Å². The van der Waals surface area contributed by atoms with E-state index in [1.165, 1.54) is 5.56 Å². The van der Waals surface area contributed by atoms with Crippen LogP contribution in [-0.2, 0) is 6.42 Å². The lowest BCUT2D eigenvalue weighted by atomic mass is 10.2. The minimum Gasteiger partial charge on any atom is -0.281 e. The molecule has 0 N–H and O–H groups in total. The summed E-state index contributed by atoms with van der Waals surface area (Å²) < 4.78 is 3.14. The van der Waals surface area contributed by atoms with Crippen LogP contribution in [0.5, 0.6) is 0 Å². The molecule has 0 saturated carbocycles. The maximum absolute atomic E-state index is 5.94. The number of aromatic nitrogens is 3. The highest BCUT2D eigenvalue weighted by Crippen LogP contribution is 2.25. The van der Waals surface area contributed by atoms with Crippen molar-refractivity contribution in [3.63, 3.8) is 0 Å². The van der Waals surface area contributed by atoms with Crippen molar-refractivity contribution in [2.75, 3.05) is 5.88 Å². The first kappa shape index (κ1) is 14.5. The first-order chi connectivity index (χ1) is 10.1. The van der Waals surface area contributed by atoms with E-state index in [4.69, 9.17) is 16.6 Å². The SMILES string of the molecule is Cc1cc(Br)cc(-n2c(CCCl)nc3c(C)ccnc32)c1. The number of hydrogen-bond donors (Lipinski definition) is 0. The number of benzene rings is 1. The molecule has 0 saturated heterocycles. The number of fused-ring (bicyclic) bond motifs is 1. The van der Waals surface area contributed by atoms with Gasteiger partial charge in [-0.1, -0.05) is 15.9 Å². The van der Waals surface area contributed by atoms with Gasteiger partial charge in [0.1, 0.15) is 11.3 Å². The smallest absolute Gasteiger partial charge is 0.164 e. The van der Waals surface area contributed by atoms with Crippen molar-refractivity contribution in [3.05, 3.63) is 51.9 Å². The first-order valence-electron chi connectivity index (χ1n) is 6.76. The third-order valence-electron chi connectivity index (χ3n) is 3.42. The zero-order valence-corrected chi connectivity index (χ0v) is 14.2. The maximum Gasteiger partial charge on any atom is 0.164 e. The number of pyridine rings is 1. The van der Waals surface area contributed by atoms with Crippen LogP contribution in [0.3, 0.4) is 0 Å². The van der Waals surface area contributed by atoms with Crippen LogP contribution in [0.4, 0.5) is 0 Å². The van der Waals surface area contributed by atoms with E-state index in [9.17, 15) is 0 Å². The van der Waals surface area contributed by atoms with Gasteiger partial charge in [-0.05, 0) is 49.2 Å². The highest BCUT2D eigenvalue weighted by Gasteiger charge is 2.15.